The van der Waals surface area contributed by atoms with Crippen molar-refractivity contribution in [3.63, 3.8) is 0 Å². The van der Waals surface area contributed by atoms with E-state index in [1.165, 1.54) is 89.0 Å². The molecule has 0 heterocycles. The smallest absolute Gasteiger partial charge is 0.393 e. The predicted octanol–water partition coefficient (Wildman–Crippen LogP) is 8.62. The first-order valence-electron chi connectivity index (χ1n) is 20.6. The molecular formula is C42H72N2O5S. The Hall–Kier alpha value is -1.03. The highest BCUT2D eigenvalue weighted by Crippen LogP contribution is 2.68. The van der Waals surface area contributed by atoms with Gasteiger partial charge in [-0.15, -0.1) is 0 Å². The molecule has 0 aromatic heterocycles. The Balaban J connectivity index is 1.02. The van der Waals surface area contributed by atoms with Crippen LogP contribution in [-0.2, 0) is 21.0 Å². The fourth-order valence-electron chi connectivity index (χ4n) is 11.9. The Morgan fingerprint density at radius 1 is 0.840 bits per heavy atom. The van der Waals surface area contributed by atoms with Gasteiger partial charge in [-0.1, -0.05) is 77.8 Å². The van der Waals surface area contributed by atoms with Crippen LogP contribution in [0.5, 0.6) is 0 Å². The van der Waals surface area contributed by atoms with Gasteiger partial charge in [0.15, 0.2) is 0 Å². The summed E-state index contributed by atoms with van der Waals surface area (Å²) < 4.78 is 37.3. The highest BCUT2D eigenvalue weighted by molar-refractivity contribution is 7.80. The van der Waals surface area contributed by atoms with Crippen molar-refractivity contribution < 1.29 is 22.3 Å². The molecule has 7 nitrogen and oxygen atoms in total. The largest absolute Gasteiger partial charge is 0.397 e. The Labute approximate surface area is 305 Å². The molecule has 286 valence electrons. The maximum atomic E-state index is 11.9. The van der Waals surface area contributed by atoms with E-state index in [4.69, 9.17) is 4.18 Å². The minimum Gasteiger partial charge on any atom is -0.393 e. The van der Waals surface area contributed by atoms with Crippen LogP contribution in [0.3, 0.4) is 0 Å². The second-order valence-corrected chi connectivity index (χ2v) is 19.1. The third kappa shape index (κ3) is 9.93. The van der Waals surface area contributed by atoms with Crippen molar-refractivity contribution in [1.29, 1.82) is 0 Å². The van der Waals surface area contributed by atoms with E-state index in [9.17, 15) is 18.1 Å². The highest BCUT2D eigenvalue weighted by Gasteiger charge is 2.62. The van der Waals surface area contributed by atoms with Gasteiger partial charge in [-0.3, -0.25) is 4.55 Å². The van der Waals surface area contributed by atoms with Gasteiger partial charge in [-0.05, 0) is 167 Å². The molecule has 4 N–H and O–H groups in total. The minimum atomic E-state index is -4.46. The molecule has 4 fully saturated rings. The summed E-state index contributed by atoms with van der Waals surface area (Å²) in [5.41, 5.74) is 2.00. The lowest BCUT2D eigenvalue weighted by Crippen LogP contribution is -2.59. The van der Waals surface area contributed by atoms with Crippen molar-refractivity contribution in [3.8, 4) is 0 Å². The number of nitrogens with one attached hydrogen (secondary N) is 2. The molecule has 0 saturated heterocycles. The van der Waals surface area contributed by atoms with Gasteiger partial charge in [0.25, 0.3) is 0 Å². The number of unbranched alkanes of at least 4 members (excludes halogenated alkanes) is 3. The van der Waals surface area contributed by atoms with Crippen LogP contribution >= 0.6 is 0 Å². The van der Waals surface area contributed by atoms with Crippen molar-refractivity contribution >= 4 is 10.4 Å². The summed E-state index contributed by atoms with van der Waals surface area (Å²) in [7, 11) is -4.46. The zero-order chi connectivity index (χ0) is 35.9. The molecule has 4 aliphatic rings. The van der Waals surface area contributed by atoms with Gasteiger partial charge < -0.3 is 15.7 Å². The fourth-order valence-corrected chi connectivity index (χ4v) is 12.5. The fraction of sp³-hybridized carbons (Fsp3) is 0.857. The Bertz CT molecular complexity index is 1280. The van der Waals surface area contributed by atoms with Crippen molar-refractivity contribution in [3.05, 3.63) is 35.9 Å². The van der Waals surface area contributed by atoms with Gasteiger partial charge >= 0.3 is 10.4 Å². The lowest BCUT2D eigenvalue weighted by Gasteiger charge is -2.62. The average Bonchev–Trinajstić information content (AvgIpc) is 3.43. The molecule has 0 bridgehead atoms. The number of rotatable bonds is 19. The Morgan fingerprint density at radius 2 is 1.54 bits per heavy atom. The first-order valence-corrected chi connectivity index (χ1v) is 22.0. The summed E-state index contributed by atoms with van der Waals surface area (Å²) in [6.07, 6.45) is 17.9. The second-order valence-electron chi connectivity index (χ2n) is 18.1. The summed E-state index contributed by atoms with van der Waals surface area (Å²) in [6, 6.07) is 11.4. The molecule has 50 heavy (non-hydrogen) atoms. The molecule has 0 spiro atoms. The molecule has 11 atom stereocenters. The lowest BCUT2D eigenvalue weighted by molar-refractivity contribution is -0.167. The molecule has 0 aliphatic heterocycles. The average molecular weight is 717 g/mol. The molecule has 8 heteroatoms. The van der Waals surface area contributed by atoms with Gasteiger partial charge in [-0.2, -0.15) is 8.42 Å². The van der Waals surface area contributed by atoms with E-state index in [-0.39, 0.29) is 17.4 Å². The predicted molar refractivity (Wildman–Crippen MR) is 204 cm³/mol. The quantitative estimate of drug-likeness (QED) is 0.0839. The molecule has 4 saturated carbocycles. The highest BCUT2D eigenvalue weighted by atomic mass is 32.3. The normalized spacial score (nSPS) is 35.3. The Kier molecular flexibility index (Phi) is 14.3. The number of fused-ring (bicyclic) bond motifs is 5. The topological polar surface area (TPSA) is 108 Å². The van der Waals surface area contributed by atoms with Gasteiger partial charge in [0.2, 0.25) is 0 Å². The van der Waals surface area contributed by atoms with Crippen LogP contribution in [0.15, 0.2) is 30.3 Å². The van der Waals surface area contributed by atoms with E-state index in [1.807, 2.05) is 13.8 Å². The SMILES string of the molecule is CC(C)[C@@H](CC[C@@H](C)[C@H]1CCC2C3C(CC[C@@]21C)[C@@]1(C)CC[C@H](NCCCNCCCCCCc2ccccc2)C[C@H]1C[C@@H]3O)OS(=O)(=O)O. The van der Waals surface area contributed by atoms with E-state index in [1.54, 1.807) is 0 Å². The molecule has 1 aromatic rings. The van der Waals surface area contributed by atoms with Gasteiger partial charge in [0.05, 0.1) is 12.2 Å². The molecule has 0 radical (unpaired) electrons. The first kappa shape index (κ1) is 40.2. The summed E-state index contributed by atoms with van der Waals surface area (Å²) in [6.45, 7) is 14.6. The maximum Gasteiger partial charge on any atom is 0.397 e. The minimum absolute atomic E-state index is 0.0145. The summed E-state index contributed by atoms with van der Waals surface area (Å²) in [5, 5.41) is 19.4. The number of hydrogen-bond acceptors (Lipinski definition) is 6. The van der Waals surface area contributed by atoms with Crippen molar-refractivity contribution in [2.24, 2.45) is 52.3 Å². The number of aliphatic hydroxyl groups excluding tert-OH is 1. The van der Waals surface area contributed by atoms with Gasteiger partial charge in [0, 0.05) is 6.04 Å². The third-order valence-electron chi connectivity index (χ3n) is 14.7. The monoisotopic (exact) mass is 717 g/mol. The molecule has 1 aromatic carbocycles. The number of aliphatic hydroxyl groups is 1. The molecule has 3 unspecified atom stereocenters. The van der Waals surface area contributed by atoms with E-state index < -0.39 is 16.5 Å². The summed E-state index contributed by atoms with van der Waals surface area (Å²) >= 11 is 0. The Morgan fingerprint density at radius 3 is 2.28 bits per heavy atom. The maximum absolute atomic E-state index is 11.9. The van der Waals surface area contributed by atoms with Crippen LogP contribution in [-0.4, -0.2) is 56.0 Å². The molecule has 0 amide bonds. The summed E-state index contributed by atoms with van der Waals surface area (Å²) in [5.74, 6) is 3.21. The molecule has 5 rings (SSSR count). The number of aryl methyl sites for hydroxylation is 1. The lowest BCUT2D eigenvalue weighted by atomic mass is 9.43. The van der Waals surface area contributed by atoms with Crippen molar-refractivity contribution in [1.82, 2.24) is 10.6 Å². The van der Waals surface area contributed by atoms with Crippen LogP contribution in [0, 0.1) is 52.3 Å². The second kappa shape index (κ2) is 17.9. The van der Waals surface area contributed by atoms with Crippen LogP contribution in [0.25, 0.3) is 0 Å². The first-order chi connectivity index (χ1) is 23.8. The zero-order valence-electron chi connectivity index (χ0n) is 32.1. The zero-order valence-corrected chi connectivity index (χ0v) is 32.9. The van der Waals surface area contributed by atoms with Gasteiger partial charge in [-0.25, -0.2) is 4.18 Å². The van der Waals surface area contributed by atoms with Crippen LogP contribution in [0.1, 0.15) is 136 Å². The van der Waals surface area contributed by atoms with Crippen LogP contribution < -0.4 is 10.6 Å². The van der Waals surface area contributed by atoms with Crippen molar-refractivity contribution in [2.75, 3.05) is 19.6 Å². The summed E-state index contributed by atoms with van der Waals surface area (Å²) in [4.78, 5) is 0. The van der Waals surface area contributed by atoms with E-state index in [0.29, 0.717) is 53.4 Å². The molecule has 4 aliphatic carbocycles. The van der Waals surface area contributed by atoms with Crippen LogP contribution in [0.2, 0.25) is 0 Å². The van der Waals surface area contributed by atoms with Crippen molar-refractivity contribution in [2.45, 2.75) is 156 Å². The molecular weight excluding hydrogens is 645 g/mol. The van der Waals surface area contributed by atoms with E-state index in [0.717, 1.165) is 32.5 Å². The van der Waals surface area contributed by atoms with Crippen LogP contribution in [0.4, 0.5) is 0 Å². The van der Waals surface area contributed by atoms with Gasteiger partial charge in [0.1, 0.15) is 0 Å². The third-order valence-corrected chi connectivity index (χ3v) is 15.2. The number of hydrogen-bond donors (Lipinski definition) is 4. The number of benzene rings is 1. The van der Waals surface area contributed by atoms with E-state index in [2.05, 4.69) is 61.7 Å². The van der Waals surface area contributed by atoms with E-state index >= 15 is 0 Å². The standard InChI is InChI=1S/C42H72N2O5S/c1-30(2)39(49-50(46,47)48)20-17-31(3)35-18-19-36-40-37(22-24-42(35,36)5)41(4)23-21-34(28-33(41)29-38(40)45)44-27-13-26-43-25-12-7-6-9-14-32-15-10-8-11-16-32/h8,10-11,15-16,30-31,33-40,43-45H,6-7,9,12-14,17-29H2,1-5H3,(H,46,47,48)/t31-,33+,34+,35-,36?,37?,38+,39-,40?,41+,42-/m1/s1.